The molecule has 0 nitrogen and oxygen atoms in total. The van der Waals surface area contributed by atoms with E-state index in [0.29, 0.717) is 0 Å². The van der Waals surface area contributed by atoms with Crippen LogP contribution in [0, 0.1) is 0 Å². The fraction of sp³-hybridized carbons (Fsp3) is 0.200. The second-order valence-corrected chi connectivity index (χ2v) is 3.85. The molecule has 0 atom stereocenters. The van der Waals surface area contributed by atoms with Gasteiger partial charge in [-0.05, 0) is 25.1 Å². The van der Waals surface area contributed by atoms with Crippen molar-refractivity contribution in [2.75, 3.05) is 0 Å². The molecule has 0 radical (unpaired) electrons. The second-order valence-electron chi connectivity index (χ2n) is 2.70. The zero-order valence-electron chi connectivity index (χ0n) is 10.3. The molecule has 0 N–H and O–H groups in total. The van der Waals surface area contributed by atoms with Crippen LogP contribution in [0.4, 0.5) is 0 Å². The zero-order valence-corrected chi connectivity index (χ0v) is 11.1. The summed E-state index contributed by atoms with van der Waals surface area (Å²) in [5, 5.41) is 0. The van der Waals surface area contributed by atoms with Crippen LogP contribution in [0.15, 0.2) is 71.0 Å². The quantitative estimate of drug-likeness (QED) is 0.491. The van der Waals surface area contributed by atoms with Crippen LogP contribution >= 0.6 is 11.8 Å². The molecule has 0 aromatic heterocycles. The van der Waals surface area contributed by atoms with Gasteiger partial charge in [-0.15, -0.1) is 0 Å². The van der Waals surface area contributed by atoms with Gasteiger partial charge in [0, 0.05) is 9.80 Å². The number of hydrogen-bond donors (Lipinski definition) is 0. The Hall–Kier alpha value is -1.21. The number of allylic oxidation sites excluding steroid dienone is 4. The molecule has 16 heavy (non-hydrogen) atoms. The van der Waals surface area contributed by atoms with Crippen LogP contribution in [0.2, 0.25) is 0 Å². The van der Waals surface area contributed by atoms with E-state index in [9.17, 15) is 0 Å². The Labute approximate surface area is 104 Å². The lowest BCUT2D eigenvalue weighted by molar-refractivity contribution is 1.47. The van der Waals surface area contributed by atoms with E-state index in [2.05, 4.69) is 30.9 Å². The van der Waals surface area contributed by atoms with Gasteiger partial charge in [0.25, 0.3) is 0 Å². The molecule has 0 saturated carbocycles. The highest BCUT2D eigenvalue weighted by Crippen LogP contribution is 2.26. The minimum Gasteiger partial charge on any atom is -0.0991 e. The van der Waals surface area contributed by atoms with Crippen molar-refractivity contribution in [2.24, 2.45) is 0 Å². The Morgan fingerprint density at radius 3 is 2.31 bits per heavy atom. The molecule has 0 saturated heterocycles. The maximum atomic E-state index is 3.65. The van der Waals surface area contributed by atoms with Crippen molar-refractivity contribution in [1.82, 2.24) is 0 Å². The maximum Gasteiger partial charge on any atom is 0.0122 e. The third-order valence-corrected chi connectivity index (χ3v) is 2.78. The first-order chi connectivity index (χ1) is 7.86. The van der Waals surface area contributed by atoms with E-state index in [0.717, 1.165) is 0 Å². The lowest BCUT2D eigenvalue weighted by Gasteiger charge is -2.00. The van der Waals surface area contributed by atoms with Gasteiger partial charge in [-0.25, -0.2) is 0 Å². The van der Waals surface area contributed by atoms with Crippen LogP contribution in [-0.4, -0.2) is 0 Å². The molecular weight excluding hydrogens is 212 g/mol. The van der Waals surface area contributed by atoms with E-state index in [4.69, 9.17) is 0 Å². The van der Waals surface area contributed by atoms with Crippen molar-refractivity contribution in [3.8, 4) is 0 Å². The van der Waals surface area contributed by atoms with Crippen LogP contribution in [0.25, 0.3) is 0 Å². The van der Waals surface area contributed by atoms with E-state index in [1.165, 1.54) is 9.80 Å². The van der Waals surface area contributed by atoms with Crippen molar-refractivity contribution in [3.63, 3.8) is 0 Å². The molecule has 1 aromatic rings. The first-order valence-electron chi connectivity index (χ1n) is 5.55. The van der Waals surface area contributed by atoms with Gasteiger partial charge in [0.2, 0.25) is 0 Å². The summed E-state index contributed by atoms with van der Waals surface area (Å²) in [4.78, 5) is 2.49. The summed E-state index contributed by atoms with van der Waals surface area (Å²) >= 11 is 1.76. The topological polar surface area (TPSA) is 0 Å². The molecule has 0 heterocycles. The van der Waals surface area contributed by atoms with Gasteiger partial charge < -0.3 is 0 Å². The Bertz CT molecular complexity index is 334. The fourth-order valence-electron chi connectivity index (χ4n) is 0.977. The monoisotopic (exact) mass is 232 g/mol. The molecule has 0 amide bonds. The number of hydrogen-bond acceptors (Lipinski definition) is 1. The largest absolute Gasteiger partial charge is 0.0991 e. The van der Waals surface area contributed by atoms with Gasteiger partial charge in [0.05, 0.1) is 0 Å². The summed E-state index contributed by atoms with van der Waals surface area (Å²) < 4.78 is 0. The van der Waals surface area contributed by atoms with E-state index >= 15 is 0 Å². The molecule has 0 aliphatic heterocycles. The molecular formula is C15H20S. The molecule has 0 spiro atoms. The van der Waals surface area contributed by atoms with Gasteiger partial charge in [0.15, 0.2) is 0 Å². The second kappa shape index (κ2) is 10.3. The first kappa shape index (κ1) is 14.8. The standard InChI is InChI=1S/C13H14S.C2H6/c1-3-5-9-12(4-2)14-13-10-7-6-8-11-13;1-2/h3-11H,1H2,2H3;1-2H3/b9-5-,12-4+;. The van der Waals surface area contributed by atoms with Gasteiger partial charge in [0.1, 0.15) is 0 Å². The Kier molecular flexibility index (Phi) is 9.53. The SMILES string of the molecule is C=C/C=C\C(=C/C)Sc1ccccc1.CC. The van der Waals surface area contributed by atoms with Crippen molar-refractivity contribution < 1.29 is 0 Å². The number of thioether (sulfide) groups is 1. The van der Waals surface area contributed by atoms with Crippen LogP contribution in [-0.2, 0) is 0 Å². The first-order valence-corrected chi connectivity index (χ1v) is 6.37. The van der Waals surface area contributed by atoms with E-state index in [-0.39, 0.29) is 0 Å². The molecule has 0 bridgehead atoms. The molecule has 1 heteroatoms. The van der Waals surface area contributed by atoms with Crippen molar-refractivity contribution in [1.29, 1.82) is 0 Å². The summed E-state index contributed by atoms with van der Waals surface area (Å²) in [6.45, 7) is 9.69. The van der Waals surface area contributed by atoms with E-state index < -0.39 is 0 Å². The van der Waals surface area contributed by atoms with Gasteiger partial charge >= 0.3 is 0 Å². The average molecular weight is 232 g/mol. The molecule has 0 unspecified atom stereocenters. The highest BCUT2D eigenvalue weighted by Gasteiger charge is 1.94. The van der Waals surface area contributed by atoms with E-state index in [1.807, 2.05) is 45.0 Å². The highest BCUT2D eigenvalue weighted by molar-refractivity contribution is 8.03. The summed E-state index contributed by atoms with van der Waals surface area (Å²) in [6, 6.07) is 10.3. The lowest BCUT2D eigenvalue weighted by Crippen LogP contribution is -1.71. The highest BCUT2D eigenvalue weighted by atomic mass is 32.2. The van der Waals surface area contributed by atoms with Gasteiger partial charge in [-0.2, -0.15) is 0 Å². The smallest absolute Gasteiger partial charge is 0.0122 e. The summed E-state index contributed by atoms with van der Waals surface area (Å²) in [6.07, 6.45) is 7.89. The summed E-state index contributed by atoms with van der Waals surface area (Å²) in [5.41, 5.74) is 0. The molecule has 0 aliphatic carbocycles. The molecule has 86 valence electrons. The summed E-state index contributed by atoms with van der Waals surface area (Å²) in [5.74, 6) is 0. The summed E-state index contributed by atoms with van der Waals surface area (Å²) in [7, 11) is 0. The number of rotatable bonds is 4. The van der Waals surface area contributed by atoms with Crippen molar-refractivity contribution in [2.45, 2.75) is 25.7 Å². The van der Waals surface area contributed by atoms with Crippen LogP contribution in [0.5, 0.6) is 0 Å². The maximum absolute atomic E-state index is 3.65. The predicted octanol–water partition coefficient (Wildman–Crippen LogP) is 5.45. The molecule has 1 rings (SSSR count). The van der Waals surface area contributed by atoms with Crippen molar-refractivity contribution in [3.05, 3.63) is 66.1 Å². The number of benzene rings is 1. The average Bonchev–Trinajstić information content (AvgIpc) is 2.38. The van der Waals surface area contributed by atoms with Crippen LogP contribution in [0.3, 0.4) is 0 Å². The molecule has 0 aliphatic rings. The van der Waals surface area contributed by atoms with Crippen molar-refractivity contribution >= 4 is 11.8 Å². The zero-order chi connectivity index (χ0) is 12.2. The molecule has 1 aromatic carbocycles. The van der Waals surface area contributed by atoms with Crippen LogP contribution < -0.4 is 0 Å². The van der Waals surface area contributed by atoms with Crippen LogP contribution in [0.1, 0.15) is 20.8 Å². The Morgan fingerprint density at radius 2 is 1.81 bits per heavy atom. The van der Waals surface area contributed by atoms with Gasteiger partial charge in [-0.3, -0.25) is 0 Å². The third-order valence-electron chi connectivity index (χ3n) is 1.66. The van der Waals surface area contributed by atoms with E-state index in [1.54, 1.807) is 17.8 Å². The lowest BCUT2D eigenvalue weighted by atomic mass is 10.4. The normalized spacial score (nSPS) is 10.8. The molecule has 0 fully saturated rings. The fourth-order valence-corrected chi connectivity index (χ4v) is 1.81. The Balaban J connectivity index is 0.00000106. The van der Waals surface area contributed by atoms with Gasteiger partial charge in [-0.1, -0.05) is 68.6 Å². The predicted molar refractivity (Wildman–Crippen MR) is 76.7 cm³/mol. The minimum absolute atomic E-state index is 1.23. The third kappa shape index (κ3) is 6.31. The minimum atomic E-state index is 1.23. The Morgan fingerprint density at radius 1 is 1.19 bits per heavy atom.